The third kappa shape index (κ3) is 4.22. The van der Waals surface area contributed by atoms with Gasteiger partial charge in [-0.1, -0.05) is 19.1 Å². The molecule has 1 aromatic carbocycles. The molecule has 1 aliphatic heterocycles. The number of nitrogens with two attached hydrogens (primary N) is 1. The largest absolute Gasteiger partial charge is 0.399 e. The van der Waals surface area contributed by atoms with Gasteiger partial charge in [0.2, 0.25) is 0 Å². The average molecular weight is 262 g/mol. The number of morpholine rings is 1. The lowest BCUT2D eigenvalue weighted by Crippen LogP contribution is -2.45. The van der Waals surface area contributed by atoms with E-state index >= 15 is 0 Å². The highest BCUT2D eigenvalue weighted by molar-refractivity contribution is 5.40. The zero-order valence-electron chi connectivity index (χ0n) is 12.3. The van der Waals surface area contributed by atoms with Gasteiger partial charge >= 0.3 is 0 Å². The average Bonchev–Trinajstić information content (AvgIpc) is 2.36. The molecule has 2 rings (SSSR count). The van der Waals surface area contributed by atoms with Crippen LogP contribution < -0.4 is 5.73 Å². The van der Waals surface area contributed by atoms with Crippen LogP contribution in [0.2, 0.25) is 0 Å². The van der Waals surface area contributed by atoms with Gasteiger partial charge in [0.1, 0.15) is 0 Å². The fraction of sp³-hybridized carbons (Fsp3) is 0.625. The van der Waals surface area contributed by atoms with Crippen LogP contribution in [0.5, 0.6) is 0 Å². The van der Waals surface area contributed by atoms with Crippen LogP contribution in [0.1, 0.15) is 38.7 Å². The van der Waals surface area contributed by atoms with Crippen molar-refractivity contribution in [1.82, 2.24) is 4.90 Å². The molecule has 0 saturated carbocycles. The van der Waals surface area contributed by atoms with E-state index in [4.69, 9.17) is 10.5 Å². The minimum Gasteiger partial charge on any atom is -0.399 e. The van der Waals surface area contributed by atoms with Crippen LogP contribution in [0.25, 0.3) is 0 Å². The second-order valence-electron chi connectivity index (χ2n) is 5.87. The van der Waals surface area contributed by atoms with Gasteiger partial charge in [-0.25, -0.2) is 0 Å². The van der Waals surface area contributed by atoms with Gasteiger partial charge in [0.15, 0.2) is 0 Å². The number of anilines is 1. The number of hydrogen-bond acceptors (Lipinski definition) is 3. The monoisotopic (exact) mass is 262 g/mol. The first-order valence-electron chi connectivity index (χ1n) is 7.28. The van der Waals surface area contributed by atoms with Gasteiger partial charge in [0.05, 0.1) is 12.2 Å². The SMILES string of the molecule is CC1CN(CCC(C)c2ccc(N)cc2)CC(C)O1. The van der Waals surface area contributed by atoms with Crippen molar-refractivity contribution in [3.63, 3.8) is 0 Å². The molecule has 2 N–H and O–H groups in total. The van der Waals surface area contributed by atoms with E-state index in [0.717, 1.165) is 25.3 Å². The molecule has 0 bridgehead atoms. The summed E-state index contributed by atoms with van der Waals surface area (Å²) in [5, 5.41) is 0. The molecule has 0 radical (unpaired) electrons. The highest BCUT2D eigenvalue weighted by atomic mass is 16.5. The maximum Gasteiger partial charge on any atom is 0.0678 e. The smallest absolute Gasteiger partial charge is 0.0678 e. The molecule has 1 heterocycles. The fourth-order valence-corrected chi connectivity index (χ4v) is 2.83. The molecule has 3 nitrogen and oxygen atoms in total. The van der Waals surface area contributed by atoms with E-state index in [9.17, 15) is 0 Å². The number of nitrogen functional groups attached to an aromatic ring is 1. The first-order valence-corrected chi connectivity index (χ1v) is 7.28. The molecule has 0 amide bonds. The third-order valence-electron chi connectivity index (χ3n) is 3.88. The summed E-state index contributed by atoms with van der Waals surface area (Å²) in [6.45, 7) is 9.86. The molecule has 0 aliphatic carbocycles. The molecule has 1 aromatic rings. The number of rotatable bonds is 4. The Morgan fingerprint density at radius 3 is 2.37 bits per heavy atom. The highest BCUT2D eigenvalue weighted by Crippen LogP contribution is 2.21. The summed E-state index contributed by atoms with van der Waals surface area (Å²) in [5.74, 6) is 0.578. The Bertz CT molecular complexity index is 380. The van der Waals surface area contributed by atoms with Crippen molar-refractivity contribution in [3.05, 3.63) is 29.8 Å². The summed E-state index contributed by atoms with van der Waals surface area (Å²) in [6.07, 6.45) is 1.90. The molecule has 3 unspecified atom stereocenters. The van der Waals surface area contributed by atoms with Crippen LogP contribution in [0.15, 0.2) is 24.3 Å². The van der Waals surface area contributed by atoms with Crippen LogP contribution >= 0.6 is 0 Å². The molecule has 1 saturated heterocycles. The Balaban J connectivity index is 1.83. The molecule has 106 valence electrons. The van der Waals surface area contributed by atoms with Gasteiger partial charge in [0.25, 0.3) is 0 Å². The molecule has 0 aromatic heterocycles. The predicted octanol–water partition coefficient (Wildman–Crippen LogP) is 2.87. The van der Waals surface area contributed by atoms with Crippen molar-refractivity contribution in [2.45, 2.75) is 45.3 Å². The number of benzene rings is 1. The van der Waals surface area contributed by atoms with E-state index in [-0.39, 0.29) is 0 Å². The molecular weight excluding hydrogens is 236 g/mol. The number of hydrogen-bond donors (Lipinski definition) is 1. The van der Waals surface area contributed by atoms with E-state index in [1.807, 2.05) is 12.1 Å². The molecule has 1 aliphatic rings. The van der Waals surface area contributed by atoms with Crippen LogP contribution in [0, 0.1) is 0 Å². The second kappa shape index (κ2) is 6.40. The van der Waals surface area contributed by atoms with Gasteiger partial charge in [-0.3, -0.25) is 4.90 Å². The van der Waals surface area contributed by atoms with Gasteiger partial charge in [0, 0.05) is 18.8 Å². The summed E-state index contributed by atoms with van der Waals surface area (Å²) in [6, 6.07) is 8.27. The lowest BCUT2D eigenvalue weighted by atomic mass is 9.97. The minimum absolute atomic E-state index is 0.357. The zero-order valence-corrected chi connectivity index (χ0v) is 12.3. The predicted molar refractivity (Wildman–Crippen MR) is 80.3 cm³/mol. The maximum atomic E-state index is 5.77. The van der Waals surface area contributed by atoms with Crippen LogP contribution in [0.4, 0.5) is 5.69 Å². The van der Waals surface area contributed by atoms with Crippen molar-refractivity contribution in [2.24, 2.45) is 0 Å². The lowest BCUT2D eigenvalue weighted by Gasteiger charge is -2.35. The first-order chi connectivity index (χ1) is 9.04. The number of ether oxygens (including phenoxy) is 1. The van der Waals surface area contributed by atoms with E-state index in [1.165, 1.54) is 12.0 Å². The van der Waals surface area contributed by atoms with Crippen LogP contribution in [0.3, 0.4) is 0 Å². The summed E-state index contributed by atoms with van der Waals surface area (Å²) in [7, 11) is 0. The summed E-state index contributed by atoms with van der Waals surface area (Å²) in [4.78, 5) is 2.52. The normalized spacial score (nSPS) is 26.3. The molecule has 3 heteroatoms. The Morgan fingerprint density at radius 1 is 1.21 bits per heavy atom. The Labute approximate surface area is 116 Å². The van der Waals surface area contributed by atoms with Crippen LogP contribution in [-0.2, 0) is 4.74 Å². The summed E-state index contributed by atoms with van der Waals surface area (Å²) < 4.78 is 5.77. The Kier molecular flexibility index (Phi) is 4.83. The fourth-order valence-electron chi connectivity index (χ4n) is 2.83. The third-order valence-corrected chi connectivity index (χ3v) is 3.88. The standard InChI is InChI=1S/C16H26N2O/c1-12(15-4-6-16(17)7-5-15)8-9-18-10-13(2)19-14(3)11-18/h4-7,12-14H,8-11,17H2,1-3H3. The van der Waals surface area contributed by atoms with Gasteiger partial charge in [-0.2, -0.15) is 0 Å². The Morgan fingerprint density at radius 2 is 1.79 bits per heavy atom. The first kappa shape index (κ1) is 14.4. The quantitative estimate of drug-likeness (QED) is 0.848. The second-order valence-corrected chi connectivity index (χ2v) is 5.87. The van der Waals surface area contributed by atoms with Crippen molar-refractivity contribution >= 4 is 5.69 Å². The van der Waals surface area contributed by atoms with E-state index < -0.39 is 0 Å². The van der Waals surface area contributed by atoms with E-state index in [1.54, 1.807) is 0 Å². The summed E-state index contributed by atoms with van der Waals surface area (Å²) in [5.41, 5.74) is 7.94. The lowest BCUT2D eigenvalue weighted by molar-refractivity contribution is -0.0683. The van der Waals surface area contributed by atoms with Crippen molar-refractivity contribution in [2.75, 3.05) is 25.4 Å². The summed E-state index contributed by atoms with van der Waals surface area (Å²) >= 11 is 0. The van der Waals surface area contributed by atoms with Gasteiger partial charge in [-0.05, 0) is 50.4 Å². The zero-order chi connectivity index (χ0) is 13.8. The topological polar surface area (TPSA) is 38.5 Å². The van der Waals surface area contributed by atoms with Gasteiger partial charge in [-0.15, -0.1) is 0 Å². The maximum absolute atomic E-state index is 5.77. The highest BCUT2D eigenvalue weighted by Gasteiger charge is 2.22. The molecule has 0 spiro atoms. The van der Waals surface area contributed by atoms with Gasteiger partial charge < -0.3 is 10.5 Å². The van der Waals surface area contributed by atoms with Crippen LogP contribution in [-0.4, -0.2) is 36.7 Å². The van der Waals surface area contributed by atoms with Crippen molar-refractivity contribution < 1.29 is 4.74 Å². The molecule has 1 fully saturated rings. The van der Waals surface area contributed by atoms with Crippen molar-refractivity contribution in [1.29, 1.82) is 0 Å². The van der Waals surface area contributed by atoms with Crippen molar-refractivity contribution in [3.8, 4) is 0 Å². The van der Waals surface area contributed by atoms with E-state index in [2.05, 4.69) is 37.8 Å². The molecule has 19 heavy (non-hydrogen) atoms. The molecular formula is C16H26N2O. The minimum atomic E-state index is 0.357. The molecule has 3 atom stereocenters. The Hall–Kier alpha value is -1.06. The number of nitrogens with zero attached hydrogens (tertiary/aromatic N) is 1. The van der Waals surface area contributed by atoms with E-state index in [0.29, 0.717) is 18.1 Å².